The summed E-state index contributed by atoms with van der Waals surface area (Å²) >= 11 is 0. The van der Waals surface area contributed by atoms with Crippen LogP contribution in [0, 0.1) is 6.92 Å². The molecular weight excluding hydrogens is 848 g/mol. The van der Waals surface area contributed by atoms with Crippen LogP contribution in [0.5, 0.6) is 11.5 Å². The van der Waals surface area contributed by atoms with E-state index in [1.54, 1.807) is 37.8 Å². The van der Waals surface area contributed by atoms with Gasteiger partial charge < -0.3 is 35.0 Å². The fourth-order valence-corrected chi connectivity index (χ4v) is 7.04. The maximum absolute atomic E-state index is 12.8. The molecule has 5 heterocycles. The number of benzene rings is 3. The second-order valence-electron chi connectivity index (χ2n) is 15.3. The van der Waals surface area contributed by atoms with Gasteiger partial charge in [0.1, 0.15) is 28.6 Å². The molecule has 5 aromatic heterocycles. The van der Waals surface area contributed by atoms with Crippen LogP contribution in [0.1, 0.15) is 18.3 Å². The largest absolute Gasteiger partial charge is 0.573 e. The Morgan fingerprint density at radius 2 is 1.39 bits per heavy atom. The molecule has 0 saturated carbocycles. The van der Waals surface area contributed by atoms with Gasteiger partial charge >= 0.3 is 6.36 Å². The van der Waals surface area contributed by atoms with E-state index in [2.05, 4.69) is 57.9 Å². The minimum Gasteiger partial charge on any atom is -0.497 e. The Kier molecular flexibility index (Phi) is 14.0. The number of hydrogen-bond acceptors (Lipinski definition) is 9. The lowest BCUT2D eigenvalue weighted by Crippen LogP contribution is -2.17. The first kappa shape index (κ1) is 45.9. The molecule has 0 spiro atoms. The lowest BCUT2D eigenvalue weighted by molar-refractivity contribution is -0.274. The Morgan fingerprint density at radius 3 is 2.00 bits per heavy atom. The molecule has 0 aliphatic heterocycles. The van der Waals surface area contributed by atoms with E-state index in [9.17, 15) is 22.8 Å². The molecule has 0 aliphatic carbocycles. The van der Waals surface area contributed by atoms with E-state index >= 15 is 0 Å². The molecule has 13 nitrogen and oxygen atoms in total. The number of amides is 2. The first-order valence-corrected chi connectivity index (χ1v) is 20.7. The summed E-state index contributed by atoms with van der Waals surface area (Å²) < 4.78 is 48.1. The van der Waals surface area contributed by atoms with Crippen molar-refractivity contribution in [3.8, 4) is 56.1 Å². The summed E-state index contributed by atoms with van der Waals surface area (Å²) in [6.07, 6.45) is 9.16. The van der Waals surface area contributed by atoms with Crippen molar-refractivity contribution in [1.29, 1.82) is 0 Å². The number of methoxy groups -OCH3 is 1. The number of ether oxygens (including phenoxy) is 2. The van der Waals surface area contributed by atoms with E-state index in [-0.39, 0.29) is 11.6 Å². The summed E-state index contributed by atoms with van der Waals surface area (Å²) in [7, 11) is 5.50. The number of aryl methyl sites for hydroxylation is 2. The topological polar surface area (TPSA) is 163 Å². The molecule has 2 amide bonds. The second kappa shape index (κ2) is 20.2. The van der Waals surface area contributed by atoms with Crippen LogP contribution in [0.25, 0.3) is 66.7 Å². The highest BCUT2D eigenvalue weighted by molar-refractivity contribution is 6.01. The average molecular weight is 894 g/mol. The highest BCUT2D eigenvalue weighted by Crippen LogP contribution is 2.36. The molecule has 0 saturated heterocycles. The number of aromatic amines is 2. The van der Waals surface area contributed by atoms with Gasteiger partial charge in [-0.15, -0.1) is 13.2 Å². The van der Waals surface area contributed by atoms with Crippen LogP contribution in [-0.4, -0.2) is 80.7 Å². The van der Waals surface area contributed by atoms with Crippen LogP contribution in [0.15, 0.2) is 135 Å². The summed E-state index contributed by atoms with van der Waals surface area (Å²) in [5, 5.41) is 7.16. The fraction of sp³-hybridized carbons (Fsp3) is 0.160. The Bertz CT molecular complexity index is 3080. The van der Waals surface area contributed by atoms with Crippen molar-refractivity contribution in [3.63, 3.8) is 0 Å². The number of H-pyrrole nitrogens is 2. The third kappa shape index (κ3) is 11.5. The van der Waals surface area contributed by atoms with Crippen LogP contribution in [0.3, 0.4) is 0 Å². The zero-order valence-corrected chi connectivity index (χ0v) is 36.7. The fourth-order valence-electron chi connectivity index (χ4n) is 7.04. The molecule has 16 heteroatoms. The number of fused-ring (bicyclic) bond motifs is 2. The SMILES string of the molecule is C=CC(=O)Nc1cc(OC(F)(F)F)cc(-c2cnc3[nH]cc(-c4cccc(C)c4)c3c2)c1.CCc1nccc(-c2c[nH]c3ncc(-c4cc(NC(=O)/C=C/CN(C)C)cc(OC)c4)cc23)n1. The van der Waals surface area contributed by atoms with Crippen molar-refractivity contribution >= 4 is 45.3 Å². The van der Waals surface area contributed by atoms with Gasteiger partial charge in [0.25, 0.3) is 0 Å². The Balaban J connectivity index is 0.000000197. The number of aromatic nitrogens is 6. The molecule has 0 atom stereocenters. The summed E-state index contributed by atoms with van der Waals surface area (Å²) in [6, 6.07) is 23.3. The number of likely N-dealkylation sites (N-methyl/N-ethyl adjacent to an activating group) is 1. The first-order valence-electron chi connectivity index (χ1n) is 20.7. The molecule has 0 aliphatic rings. The summed E-state index contributed by atoms with van der Waals surface area (Å²) in [4.78, 5) is 50.3. The van der Waals surface area contributed by atoms with Crippen LogP contribution >= 0.6 is 0 Å². The van der Waals surface area contributed by atoms with Crippen molar-refractivity contribution in [2.24, 2.45) is 0 Å². The molecule has 8 aromatic rings. The number of anilines is 2. The Hall–Kier alpha value is -8.11. The number of nitrogens with zero attached hydrogens (tertiary/aromatic N) is 5. The van der Waals surface area contributed by atoms with Crippen LogP contribution in [0.4, 0.5) is 24.5 Å². The third-order valence-corrected chi connectivity index (χ3v) is 10.1. The van der Waals surface area contributed by atoms with E-state index in [1.807, 2.05) is 99.8 Å². The zero-order valence-electron chi connectivity index (χ0n) is 36.7. The highest BCUT2D eigenvalue weighted by Gasteiger charge is 2.31. The van der Waals surface area contributed by atoms with Gasteiger partial charge in [0.15, 0.2) is 0 Å². The van der Waals surface area contributed by atoms with Gasteiger partial charge in [0.05, 0.1) is 12.8 Å². The second-order valence-corrected chi connectivity index (χ2v) is 15.3. The van der Waals surface area contributed by atoms with Gasteiger partial charge in [-0.05, 0) is 86.3 Å². The third-order valence-electron chi connectivity index (χ3n) is 10.1. The number of halogens is 3. The molecular formula is C50H46F3N9O4. The van der Waals surface area contributed by atoms with E-state index < -0.39 is 18.0 Å². The van der Waals surface area contributed by atoms with Crippen molar-refractivity contribution in [2.75, 3.05) is 38.4 Å². The number of hydrogen-bond donors (Lipinski definition) is 4. The van der Waals surface area contributed by atoms with Gasteiger partial charge in [-0.2, -0.15) is 0 Å². The van der Waals surface area contributed by atoms with Gasteiger partial charge in [-0.3, -0.25) is 9.59 Å². The van der Waals surface area contributed by atoms with Crippen LogP contribution in [-0.2, 0) is 16.0 Å². The maximum Gasteiger partial charge on any atom is 0.573 e. The summed E-state index contributed by atoms with van der Waals surface area (Å²) in [5.74, 6) is 0.230. The first-order chi connectivity index (χ1) is 31.7. The number of nitrogens with one attached hydrogen (secondary N) is 4. The zero-order chi connectivity index (χ0) is 47.0. The van der Waals surface area contributed by atoms with Gasteiger partial charge in [-0.25, -0.2) is 19.9 Å². The number of carbonyl (C=O) groups excluding carboxylic acids is 2. The normalized spacial score (nSPS) is 11.4. The summed E-state index contributed by atoms with van der Waals surface area (Å²) in [5.41, 5.74) is 9.76. The van der Waals surface area contributed by atoms with Crippen molar-refractivity contribution in [3.05, 3.63) is 146 Å². The van der Waals surface area contributed by atoms with E-state index in [1.165, 1.54) is 12.1 Å². The maximum atomic E-state index is 12.8. The van der Waals surface area contributed by atoms with Crippen molar-refractivity contribution < 1.29 is 32.2 Å². The predicted octanol–water partition coefficient (Wildman–Crippen LogP) is 10.5. The molecule has 3 aromatic carbocycles. The average Bonchev–Trinajstić information content (AvgIpc) is 3.92. The van der Waals surface area contributed by atoms with Gasteiger partial charge in [-0.1, -0.05) is 49.4 Å². The molecule has 0 fully saturated rings. The minimum absolute atomic E-state index is 0.139. The molecule has 4 N–H and O–H groups in total. The molecule has 0 radical (unpaired) electrons. The number of rotatable bonds is 13. The van der Waals surface area contributed by atoms with Crippen LogP contribution < -0.4 is 20.1 Å². The van der Waals surface area contributed by atoms with Gasteiger partial charge in [0, 0.05) is 107 Å². The van der Waals surface area contributed by atoms with E-state index in [4.69, 9.17) is 4.74 Å². The lowest BCUT2D eigenvalue weighted by Gasteiger charge is -2.13. The molecule has 66 heavy (non-hydrogen) atoms. The smallest absolute Gasteiger partial charge is 0.497 e. The monoisotopic (exact) mass is 893 g/mol. The number of alkyl halides is 3. The quantitative estimate of drug-likeness (QED) is 0.0825. The summed E-state index contributed by atoms with van der Waals surface area (Å²) in [6.45, 7) is 8.07. The van der Waals surface area contributed by atoms with E-state index in [0.29, 0.717) is 34.8 Å². The van der Waals surface area contributed by atoms with Crippen LogP contribution in [0.2, 0.25) is 0 Å². The van der Waals surface area contributed by atoms with Crippen molar-refractivity contribution in [1.82, 2.24) is 34.8 Å². The molecule has 0 unspecified atom stereocenters. The van der Waals surface area contributed by atoms with E-state index in [0.717, 1.165) is 79.9 Å². The predicted molar refractivity (Wildman–Crippen MR) is 252 cm³/mol. The standard InChI is InChI=1S/C26H28N6O2.C24H18F3N3O2/c1-5-24-27-9-8-23(31-24)22-16-29-26-21(22)13-18(15-28-26)17-11-19(14-20(12-17)34-4)30-25(33)7-6-10-32(2)3;1-3-22(31)30-18-8-16(9-19(11-18)32-24(25,26)27)17-10-20-21(13-29-23(20)28-12-17)15-6-4-5-14(2)7-15/h6-9,11-16H,5,10H2,1-4H3,(H,28,29)(H,30,33);3-13H,1H2,2H3,(H,28,29)(H,30,31)/b7-6+;. The molecule has 8 rings (SSSR count). The highest BCUT2D eigenvalue weighted by atomic mass is 19.4. The van der Waals surface area contributed by atoms with Gasteiger partial charge in [0.2, 0.25) is 11.8 Å². The van der Waals surface area contributed by atoms with Crippen molar-refractivity contribution in [2.45, 2.75) is 26.6 Å². The minimum atomic E-state index is -4.88. The number of pyridine rings is 2. The Labute approximate surface area is 378 Å². The molecule has 336 valence electrons. The lowest BCUT2D eigenvalue weighted by atomic mass is 10.0. The Morgan fingerprint density at radius 1 is 0.773 bits per heavy atom. The molecule has 0 bridgehead atoms. The number of carbonyl (C=O) groups is 2.